The van der Waals surface area contributed by atoms with Gasteiger partial charge >= 0.3 is 0 Å². The molecular weight excluding hydrogens is 234 g/mol. The molecule has 2 rings (SSSR count). The Labute approximate surface area is 119 Å². The molecule has 0 aromatic carbocycles. The van der Waals surface area contributed by atoms with Gasteiger partial charge in [0.15, 0.2) is 0 Å². The van der Waals surface area contributed by atoms with Crippen molar-refractivity contribution in [3.8, 4) is 0 Å². The number of hydrogen-bond acceptors (Lipinski definition) is 3. The van der Waals surface area contributed by atoms with Crippen LogP contribution in [0.2, 0.25) is 0 Å². The summed E-state index contributed by atoms with van der Waals surface area (Å²) in [4.78, 5) is 4.95. The molecule has 0 aromatic rings. The molecule has 3 unspecified atom stereocenters. The molecule has 0 spiro atoms. The fourth-order valence-electron chi connectivity index (χ4n) is 4.02. The molecular formula is C16H33N3. The molecule has 1 N–H and O–H groups in total. The molecule has 1 saturated heterocycles. The van der Waals surface area contributed by atoms with E-state index >= 15 is 0 Å². The Kier molecular flexibility index (Phi) is 5.27. The fourth-order valence-corrected chi connectivity index (χ4v) is 4.02. The number of piperidine rings is 1. The summed E-state index contributed by atoms with van der Waals surface area (Å²) < 4.78 is 0. The third-order valence-corrected chi connectivity index (χ3v) is 5.36. The van der Waals surface area contributed by atoms with Crippen LogP contribution in [-0.4, -0.2) is 62.2 Å². The number of rotatable bonds is 4. The van der Waals surface area contributed by atoms with Gasteiger partial charge in [0.1, 0.15) is 0 Å². The second-order valence-electron chi connectivity index (χ2n) is 7.30. The Hall–Kier alpha value is -0.120. The van der Waals surface area contributed by atoms with Gasteiger partial charge in [0, 0.05) is 24.7 Å². The van der Waals surface area contributed by atoms with Crippen LogP contribution < -0.4 is 5.32 Å². The summed E-state index contributed by atoms with van der Waals surface area (Å²) in [7, 11) is 6.79. The molecule has 2 fully saturated rings. The van der Waals surface area contributed by atoms with Crippen molar-refractivity contribution in [3.63, 3.8) is 0 Å². The van der Waals surface area contributed by atoms with E-state index in [4.69, 9.17) is 0 Å². The first kappa shape index (κ1) is 15.3. The standard InChI is InChI=1S/C16H33N3/c1-14-7-5-9-16(11-14,18(2)3)13-17-15-8-6-10-19(4)12-15/h14-15,17H,5-13H2,1-4H3. The van der Waals surface area contributed by atoms with Gasteiger partial charge < -0.3 is 15.1 Å². The highest BCUT2D eigenvalue weighted by Gasteiger charge is 2.37. The summed E-state index contributed by atoms with van der Waals surface area (Å²) in [5.41, 5.74) is 0.397. The van der Waals surface area contributed by atoms with E-state index in [1.54, 1.807) is 0 Å². The highest BCUT2D eigenvalue weighted by molar-refractivity contribution is 4.95. The molecule has 2 aliphatic rings. The lowest BCUT2D eigenvalue weighted by molar-refractivity contribution is 0.0683. The SMILES string of the molecule is CC1CCCC(CNC2CCCN(C)C2)(N(C)C)C1. The quantitative estimate of drug-likeness (QED) is 0.842. The van der Waals surface area contributed by atoms with Crippen LogP contribution in [0.3, 0.4) is 0 Å². The van der Waals surface area contributed by atoms with Gasteiger partial charge in [-0.25, -0.2) is 0 Å². The van der Waals surface area contributed by atoms with Crippen molar-refractivity contribution in [2.75, 3.05) is 40.8 Å². The van der Waals surface area contributed by atoms with Crippen molar-refractivity contribution >= 4 is 0 Å². The first-order valence-electron chi connectivity index (χ1n) is 8.11. The van der Waals surface area contributed by atoms with E-state index in [2.05, 4.69) is 43.2 Å². The first-order chi connectivity index (χ1) is 9.02. The minimum Gasteiger partial charge on any atom is -0.311 e. The van der Waals surface area contributed by atoms with Crippen molar-refractivity contribution in [3.05, 3.63) is 0 Å². The smallest absolute Gasteiger partial charge is 0.0330 e. The van der Waals surface area contributed by atoms with Crippen molar-refractivity contribution in [2.45, 2.75) is 57.0 Å². The molecule has 0 radical (unpaired) electrons. The Balaban J connectivity index is 1.89. The first-order valence-corrected chi connectivity index (χ1v) is 8.11. The van der Waals surface area contributed by atoms with Crippen LogP contribution in [0, 0.1) is 5.92 Å². The molecule has 19 heavy (non-hydrogen) atoms. The normalized spacial score (nSPS) is 37.7. The van der Waals surface area contributed by atoms with Crippen LogP contribution in [0.4, 0.5) is 0 Å². The molecule has 0 aromatic heterocycles. The maximum atomic E-state index is 3.88. The topological polar surface area (TPSA) is 18.5 Å². The van der Waals surface area contributed by atoms with Crippen LogP contribution in [0.1, 0.15) is 45.4 Å². The highest BCUT2D eigenvalue weighted by Crippen LogP contribution is 2.35. The van der Waals surface area contributed by atoms with Gasteiger partial charge in [-0.05, 0) is 59.3 Å². The maximum absolute atomic E-state index is 3.88. The Morgan fingerprint density at radius 1 is 1.26 bits per heavy atom. The number of nitrogens with one attached hydrogen (secondary N) is 1. The average molecular weight is 267 g/mol. The van der Waals surface area contributed by atoms with E-state index in [0.29, 0.717) is 11.6 Å². The van der Waals surface area contributed by atoms with Crippen LogP contribution in [0.25, 0.3) is 0 Å². The van der Waals surface area contributed by atoms with E-state index in [0.717, 1.165) is 5.92 Å². The summed E-state index contributed by atoms with van der Waals surface area (Å²) in [5, 5.41) is 3.88. The fraction of sp³-hybridized carbons (Fsp3) is 1.00. The molecule has 0 bridgehead atoms. The van der Waals surface area contributed by atoms with Gasteiger partial charge in [0.2, 0.25) is 0 Å². The van der Waals surface area contributed by atoms with E-state index in [9.17, 15) is 0 Å². The van der Waals surface area contributed by atoms with Crippen LogP contribution in [0.5, 0.6) is 0 Å². The van der Waals surface area contributed by atoms with Crippen molar-refractivity contribution in [1.82, 2.24) is 15.1 Å². The molecule has 3 atom stereocenters. The van der Waals surface area contributed by atoms with E-state index < -0.39 is 0 Å². The zero-order valence-corrected chi connectivity index (χ0v) is 13.4. The molecule has 1 aliphatic carbocycles. The van der Waals surface area contributed by atoms with Crippen LogP contribution in [-0.2, 0) is 0 Å². The summed E-state index contributed by atoms with van der Waals surface area (Å²) in [5.74, 6) is 0.881. The van der Waals surface area contributed by atoms with E-state index in [1.807, 2.05) is 0 Å². The maximum Gasteiger partial charge on any atom is 0.0330 e. The zero-order valence-electron chi connectivity index (χ0n) is 13.4. The van der Waals surface area contributed by atoms with Crippen molar-refractivity contribution in [1.29, 1.82) is 0 Å². The highest BCUT2D eigenvalue weighted by atomic mass is 15.2. The van der Waals surface area contributed by atoms with Crippen molar-refractivity contribution in [2.24, 2.45) is 5.92 Å². The summed E-state index contributed by atoms with van der Waals surface area (Å²) >= 11 is 0. The van der Waals surface area contributed by atoms with Crippen LogP contribution >= 0.6 is 0 Å². The van der Waals surface area contributed by atoms with Gasteiger partial charge in [-0.2, -0.15) is 0 Å². The Morgan fingerprint density at radius 2 is 2.05 bits per heavy atom. The minimum atomic E-state index is 0.397. The van der Waals surface area contributed by atoms with E-state index in [1.165, 1.54) is 58.2 Å². The third-order valence-electron chi connectivity index (χ3n) is 5.36. The molecule has 112 valence electrons. The molecule has 0 amide bonds. The summed E-state index contributed by atoms with van der Waals surface area (Å²) in [6.07, 6.45) is 8.23. The molecule has 3 nitrogen and oxygen atoms in total. The van der Waals surface area contributed by atoms with Crippen molar-refractivity contribution < 1.29 is 0 Å². The second-order valence-corrected chi connectivity index (χ2v) is 7.30. The predicted molar refractivity (Wildman–Crippen MR) is 82.6 cm³/mol. The number of likely N-dealkylation sites (N-methyl/N-ethyl adjacent to an activating group) is 2. The number of nitrogens with zero attached hydrogens (tertiary/aromatic N) is 2. The predicted octanol–water partition coefficient (Wildman–Crippen LogP) is 2.18. The summed E-state index contributed by atoms with van der Waals surface area (Å²) in [6, 6.07) is 0.702. The van der Waals surface area contributed by atoms with Gasteiger partial charge in [-0.3, -0.25) is 0 Å². The number of likely N-dealkylation sites (tertiary alicyclic amines) is 1. The van der Waals surface area contributed by atoms with E-state index in [-0.39, 0.29) is 0 Å². The van der Waals surface area contributed by atoms with Gasteiger partial charge in [-0.15, -0.1) is 0 Å². The van der Waals surface area contributed by atoms with Gasteiger partial charge in [0.05, 0.1) is 0 Å². The Bertz CT molecular complexity index is 279. The lowest BCUT2D eigenvalue weighted by atomic mass is 9.75. The zero-order chi connectivity index (χ0) is 13.9. The second kappa shape index (κ2) is 6.55. The molecule has 1 saturated carbocycles. The van der Waals surface area contributed by atoms with Gasteiger partial charge in [-0.1, -0.05) is 19.8 Å². The average Bonchev–Trinajstić information content (AvgIpc) is 2.36. The lowest BCUT2D eigenvalue weighted by Gasteiger charge is -2.46. The summed E-state index contributed by atoms with van der Waals surface area (Å²) in [6.45, 7) is 6.09. The number of hydrogen-bond donors (Lipinski definition) is 1. The van der Waals surface area contributed by atoms with Crippen LogP contribution in [0.15, 0.2) is 0 Å². The monoisotopic (exact) mass is 267 g/mol. The minimum absolute atomic E-state index is 0.397. The Morgan fingerprint density at radius 3 is 2.68 bits per heavy atom. The third kappa shape index (κ3) is 3.93. The molecule has 3 heteroatoms. The van der Waals surface area contributed by atoms with Gasteiger partial charge in [0.25, 0.3) is 0 Å². The molecule has 1 heterocycles. The largest absolute Gasteiger partial charge is 0.311 e. The lowest BCUT2D eigenvalue weighted by Crippen LogP contribution is -2.57. The molecule has 1 aliphatic heterocycles.